The maximum Gasteiger partial charge on any atom is 0.115 e. The first kappa shape index (κ1) is 13.8. The molecule has 90 valence electrons. The molecule has 1 atom stereocenters. The van der Waals surface area contributed by atoms with E-state index in [1.54, 1.807) is 18.2 Å². The first-order valence-electron chi connectivity index (χ1n) is 4.57. The summed E-state index contributed by atoms with van der Waals surface area (Å²) in [6.07, 6.45) is -0.743. The van der Waals surface area contributed by atoms with E-state index in [0.717, 1.165) is 13.1 Å². The normalized spacial score (nSPS) is 12.8. The lowest BCUT2D eigenvalue weighted by atomic mass is 10.1. The molecule has 0 aliphatic heterocycles. The Hall–Kier alpha value is 0.420. The Kier molecular flexibility index (Phi) is 4.55. The molecule has 6 heteroatoms. The monoisotopic (exact) mass is 414 g/mol. The Morgan fingerprint density at radius 2 is 1.88 bits per heavy atom. The standard InChI is InChI=1S/C11H6Br2Cl2OS/c12-7-4-9(17-11(7)13)10(16)6-2-1-5(14)3-8(6)15/h1-4,10,16H. The molecule has 1 heterocycles. The zero-order valence-corrected chi connectivity index (χ0v) is 13.8. The second kappa shape index (κ2) is 5.59. The van der Waals surface area contributed by atoms with E-state index in [2.05, 4.69) is 31.9 Å². The van der Waals surface area contributed by atoms with E-state index in [1.807, 2.05) is 6.07 Å². The fourth-order valence-electron chi connectivity index (χ4n) is 1.37. The van der Waals surface area contributed by atoms with Crippen LogP contribution >= 0.6 is 66.4 Å². The van der Waals surface area contributed by atoms with Crippen LogP contribution < -0.4 is 0 Å². The average molecular weight is 417 g/mol. The fourth-order valence-corrected chi connectivity index (χ4v) is 3.98. The molecular formula is C11H6Br2Cl2OS. The van der Waals surface area contributed by atoms with Gasteiger partial charge in [-0.1, -0.05) is 29.3 Å². The predicted octanol–water partition coefficient (Wildman–Crippen LogP) is 5.66. The molecule has 0 spiro atoms. The van der Waals surface area contributed by atoms with Gasteiger partial charge in [-0.05, 0) is 50.1 Å². The topological polar surface area (TPSA) is 20.2 Å². The molecule has 2 rings (SSSR count). The number of thiophene rings is 1. The Balaban J connectivity index is 2.39. The molecule has 1 aromatic heterocycles. The van der Waals surface area contributed by atoms with Gasteiger partial charge >= 0.3 is 0 Å². The van der Waals surface area contributed by atoms with Crippen molar-refractivity contribution in [2.24, 2.45) is 0 Å². The molecule has 0 saturated heterocycles. The molecule has 0 radical (unpaired) electrons. The molecule has 1 unspecified atom stereocenters. The van der Waals surface area contributed by atoms with Gasteiger partial charge in [-0.3, -0.25) is 0 Å². The highest BCUT2D eigenvalue weighted by atomic mass is 79.9. The molecule has 0 aliphatic carbocycles. The average Bonchev–Trinajstić information content (AvgIpc) is 2.58. The highest BCUT2D eigenvalue weighted by molar-refractivity contribution is 9.13. The van der Waals surface area contributed by atoms with E-state index in [1.165, 1.54) is 11.3 Å². The van der Waals surface area contributed by atoms with Crippen LogP contribution in [0.2, 0.25) is 10.0 Å². The summed E-state index contributed by atoms with van der Waals surface area (Å²) >= 11 is 20.1. The summed E-state index contributed by atoms with van der Waals surface area (Å²) in [5, 5.41) is 11.3. The van der Waals surface area contributed by atoms with Gasteiger partial charge in [-0.2, -0.15) is 0 Å². The summed E-state index contributed by atoms with van der Waals surface area (Å²) in [6, 6.07) is 6.93. The Morgan fingerprint density at radius 3 is 2.41 bits per heavy atom. The maximum atomic E-state index is 10.2. The van der Waals surface area contributed by atoms with Gasteiger partial charge in [0.05, 0.1) is 3.79 Å². The second-order valence-electron chi connectivity index (χ2n) is 3.34. The third-order valence-electron chi connectivity index (χ3n) is 2.19. The number of halogens is 4. The SMILES string of the molecule is OC(c1cc(Br)c(Br)s1)c1ccc(Cl)cc1Cl. The molecule has 0 amide bonds. The van der Waals surface area contributed by atoms with Gasteiger partial charge in [-0.15, -0.1) is 11.3 Å². The number of benzene rings is 1. The minimum absolute atomic E-state index is 0.464. The van der Waals surface area contributed by atoms with Crippen LogP contribution in [0.25, 0.3) is 0 Å². The van der Waals surface area contributed by atoms with E-state index in [0.29, 0.717) is 15.6 Å². The number of aliphatic hydroxyl groups excluding tert-OH is 1. The summed E-state index contributed by atoms with van der Waals surface area (Å²) in [7, 11) is 0. The van der Waals surface area contributed by atoms with Crippen LogP contribution in [0, 0.1) is 0 Å². The van der Waals surface area contributed by atoms with Crippen molar-refractivity contribution < 1.29 is 5.11 Å². The molecule has 2 aromatic rings. The number of aliphatic hydroxyl groups is 1. The van der Waals surface area contributed by atoms with E-state index in [-0.39, 0.29) is 0 Å². The van der Waals surface area contributed by atoms with Crippen LogP contribution in [0.4, 0.5) is 0 Å². The molecule has 17 heavy (non-hydrogen) atoms. The third kappa shape index (κ3) is 3.06. The summed E-state index contributed by atoms with van der Waals surface area (Å²) in [5.41, 5.74) is 0.650. The first-order chi connectivity index (χ1) is 7.99. The quantitative estimate of drug-likeness (QED) is 0.669. The maximum absolute atomic E-state index is 10.2. The van der Waals surface area contributed by atoms with Gasteiger partial charge in [0.1, 0.15) is 6.10 Å². The van der Waals surface area contributed by atoms with Crippen molar-refractivity contribution in [2.75, 3.05) is 0 Å². The minimum Gasteiger partial charge on any atom is -0.383 e. The van der Waals surface area contributed by atoms with E-state index >= 15 is 0 Å². The van der Waals surface area contributed by atoms with Gasteiger partial charge in [-0.25, -0.2) is 0 Å². The lowest BCUT2D eigenvalue weighted by Gasteiger charge is -2.10. The van der Waals surface area contributed by atoms with Gasteiger partial charge in [0, 0.05) is 25.0 Å². The van der Waals surface area contributed by atoms with E-state index < -0.39 is 6.10 Å². The number of hydrogen-bond acceptors (Lipinski definition) is 2. The van der Waals surface area contributed by atoms with Crippen LogP contribution in [-0.2, 0) is 0 Å². The highest BCUT2D eigenvalue weighted by Gasteiger charge is 2.17. The summed E-state index contributed by atoms with van der Waals surface area (Å²) in [5.74, 6) is 0. The van der Waals surface area contributed by atoms with Crippen molar-refractivity contribution >= 4 is 66.4 Å². The molecule has 1 N–H and O–H groups in total. The molecule has 1 nitrogen and oxygen atoms in total. The van der Waals surface area contributed by atoms with Crippen LogP contribution in [0.15, 0.2) is 32.5 Å². The Labute approximate surface area is 130 Å². The summed E-state index contributed by atoms with van der Waals surface area (Å²) in [4.78, 5) is 0.813. The Bertz CT molecular complexity index is 537. The van der Waals surface area contributed by atoms with Gasteiger partial charge < -0.3 is 5.11 Å². The van der Waals surface area contributed by atoms with Crippen molar-refractivity contribution in [3.63, 3.8) is 0 Å². The van der Waals surface area contributed by atoms with Gasteiger partial charge in [0.2, 0.25) is 0 Å². The summed E-state index contributed by atoms with van der Waals surface area (Å²) < 4.78 is 1.86. The van der Waals surface area contributed by atoms with Crippen molar-refractivity contribution in [1.82, 2.24) is 0 Å². The van der Waals surface area contributed by atoms with E-state index in [9.17, 15) is 5.11 Å². The number of hydrogen-bond donors (Lipinski definition) is 1. The van der Waals surface area contributed by atoms with E-state index in [4.69, 9.17) is 23.2 Å². The molecular weight excluding hydrogens is 411 g/mol. The van der Waals surface area contributed by atoms with Gasteiger partial charge in [0.25, 0.3) is 0 Å². The largest absolute Gasteiger partial charge is 0.383 e. The smallest absolute Gasteiger partial charge is 0.115 e. The zero-order valence-electron chi connectivity index (χ0n) is 8.25. The van der Waals surface area contributed by atoms with Crippen LogP contribution in [-0.4, -0.2) is 5.11 Å². The van der Waals surface area contributed by atoms with Crippen molar-refractivity contribution in [1.29, 1.82) is 0 Å². The van der Waals surface area contributed by atoms with Crippen molar-refractivity contribution in [3.8, 4) is 0 Å². The summed E-state index contributed by atoms with van der Waals surface area (Å²) in [6.45, 7) is 0. The molecule has 1 aromatic carbocycles. The highest BCUT2D eigenvalue weighted by Crippen LogP contribution is 2.39. The third-order valence-corrected chi connectivity index (χ3v) is 6.06. The van der Waals surface area contributed by atoms with Crippen LogP contribution in [0.3, 0.4) is 0 Å². The molecule has 0 aliphatic rings. The van der Waals surface area contributed by atoms with Crippen molar-refractivity contribution in [2.45, 2.75) is 6.10 Å². The lowest BCUT2D eigenvalue weighted by Crippen LogP contribution is -1.97. The zero-order chi connectivity index (χ0) is 12.6. The molecule has 0 fully saturated rings. The molecule has 0 saturated carbocycles. The predicted molar refractivity (Wildman–Crippen MR) is 80.2 cm³/mol. The van der Waals surface area contributed by atoms with Gasteiger partial charge in [0.15, 0.2) is 0 Å². The fraction of sp³-hybridized carbons (Fsp3) is 0.0909. The molecule has 0 bridgehead atoms. The van der Waals surface area contributed by atoms with Crippen molar-refractivity contribution in [3.05, 3.63) is 53.0 Å². The Morgan fingerprint density at radius 1 is 1.18 bits per heavy atom. The van der Waals surface area contributed by atoms with Crippen LogP contribution in [0.5, 0.6) is 0 Å². The minimum atomic E-state index is -0.743. The van der Waals surface area contributed by atoms with Crippen LogP contribution in [0.1, 0.15) is 16.5 Å². The number of rotatable bonds is 2. The first-order valence-corrected chi connectivity index (χ1v) is 7.72. The second-order valence-corrected chi connectivity index (χ2v) is 7.44. The lowest BCUT2D eigenvalue weighted by molar-refractivity contribution is 0.224.